The van der Waals surface area contributed by atoms with Crippen LogP contribution >= 0.6 is 0 Å². The van der Waals surface area contributed by atoms with E-state index in [9.17, 15) is 0 Å². The fourth-order valence-corrected chi connectivity index (χ4v) is 0.405. The van der Waals surface area contributed by atoms with Crippen LogP contribution in [0, 0.1) is 6.92 Å². The smallest absolute Gasteiger partial charge is 0.411 e. The van der Waals surface area contributed by atoms with Crippen LogP contribution in [0.3, 0.4) is 0 Å². The van der Waals surface area contributed by atoms with Crippen LogP contribution in [0.15, 0.2) is 0 Å². The zero-order chi connectivity index (χ0) is 6.95. The first kappa shape index (κ1) is 14.1. The van der Waals surface area contributed by atoms with Gasteiger partial charge < -0.3 is 22.1 Å². The van der Waals surface area contributed by atoms with Crippen LogP contribution < -0.4 is 57.1 Å². The Balaban J connectivity index is 0. The maximum atomic E-state index is 5.17. The minimum atomic E-state index is 0. The van der Waals surface area contributed by atoms with Crippen molar-refractivity contribution < 1.29 is 60.9 Å². The summed E-state index contributed by atoms with van der Waals surface area (Å²) in [6.45, 7) is 6.42. The first-order chi connectivity index (χ1) is 4.41. The van der Waals surface area contributed by atoms with Crippen molar-refractivity contribution in [2.45, 2.75) is 0 Å². The number of nitrogens with two attached hydrogens (primary N) is 1. The third-order valence-electron chi connectivity index (χ3n) is 0.779. The predicted octanol–water partition coefficient (Wildman–Crippen LogP) is -3.18. The molecule has 2 N–H and O–H groups in total. The fourth-order valence-electron chi connectivity index (χ4n) is 0.405. The third kappa shape index (κ3) is 12.2. The Morgan fingerprint density at radius 3 is 2.20 bits per heavy atom. The van der Waals surface area contributed by atoms with Crippen molar-refractivity contribution in [2.75, 3.05) is 33.0 Å². The Morgan fingerprint density at radius 2 is 1.70 bits per heavy atom. The molecule has 0 amide bonds. The van der Waals surface area contributed by atoms with Gasteiger partial charge in [-0.05, 0) is 0 Å². The SMILES string of the molecule is [CH2-]COCCOCCN.[K+]. The molecule has 0 aliphatic rings. The van der Waals surface area contributed by atoms with Crippen molar-refractivity contribution in [3.8, 4) is 0 Å². The summed E-state index contributed by atoms with van der Waals surface area (Å²) in [6.07, 6.45) is 0. The Morgan fingerprint density at radius 1 is 1.10 bits per heavy atom. The molecule has 0 aliphatic heterocycles. The maximum Gasteiger partial charge on any atom is 1.00 e. The first-order valence-electron chi connectivity index (χ1n) is 3.06. The van der Waals surface area contributed by atoms with Crippen molar-refractivity contribution in [3.05, 3.63) is 6.92 Å². The molecule has 0 rings (SSSR count). The van der Waals surface area contributed by atoms with E-state index in [1.165, 1.54) is 0 Å². The van der Waals surface area contributed by atoms with E-state index in [0.29, 0.717) is 33.0 Å². The van der Waals surface area contributed by atoms with Gasteiger partial charge >= 0.3 is 51.4 Å². The molecule has 0 aromatic heterocycles. The van der Waals surface area contributed by atoms with E-state index in [4.69, 9.17) is 15.2 Å². The molecule has 3 nitrogen and oxygen atoms in total. The zero-order valence-electron chi connectivity index (χ0n) is 6.64. The Kier molecular flexibility index (Phi) is 18.5. The summed E-state index contributed by atoms with van der Waals surface area (Å²) in [4.78, 5) is 0. The molecule has 0 unspecified atom stereocenters. The van der Waals surface area contributed by atoms with E-state index in [1.54, 1.807) is 0 Å². The van der Waals surface area contributed by atoms with Gasteiger partial charge in [-0.1, -0.05) is 6.61 Å². The second-order valence-corrected chi connectivity index (χ2v) is 1.51. The number of rotatable bonds is 6. The van der Waals surface area contributed by atoms with Crippen molar-refractivity contribution >= 4 is 0 Å². The second kappa shape index (κ2) is 13.1. The van der Waals surface area contributed by atoms with Crippen molar-refractivity contribution in [1.29, 1.82) is 0 Å². The standard InChI is InChI=1S/C6H14NO2.K/c1-2-8-5-6-9-4-3-7;/h1-7H2;/q-1;+1. The molecule has 0 aliphatic carbocycles. The second-order valence-electron chi connectivity index (χ2n) is 1.51. The minimum Gasteiger partial charge on any atom is -0.411 e. The molecule has 0 fully saturated rings. The Bertz CT molecular complexity index is 49.0. The molecule has 4 heteroatoms. The molecule has 0 saturated carbocycles. The molecule has 0 aromatic carbocycles. The molecule has 0 atom stereocenters. The summed E-state index contributed by atoms with van der Waals surface area (Å²) in [5.74, 6) is 0. The van der Waals surface area contributed by atoms with E-state index < -0.39 is 0 Å². The molecular formula is C6H14KNO2. The number of hydrogen-bond acceptors (Lipinski definition) is 3. The monoisotopic (exact) mass is 171 g/mol. The quantitative estimate of drug-likeness (QED) is 0.260. The zero-order valence-corrected chi connectivity index (χ0v) is 9.76. The molecule has 0 aromatic rings. The third-order valence-corrected chi connectivity index (χ3v) is 0.779. The van der Waals surface area contributed by atoms with Crippen molar-refractivity contribution in [3.63, 3.8) is 0 Å². The molecule has 0 saturated heterocycles. The molecule has 10 heavy (non-hydrogen) atoms. The molecule has 0 spiro atoms. The molecule has 0 bridgehead atoms. The fraction of sp³-hybridized carbons (Fsp3) is 0.833. The molecular weight excluding hydrogens is 157 g/mol. The van der Waals surface area contributed by atoms with Crippen molar-refractivity contribution in [1.82, 2.24) is 0 Å². The number of ether oxygens (including phenoxy) is 2. The van der Waals surface area contributed by atoms with Crippen LogP contribution in [0.2, 0.25) is 0 Å². The van der Waals surface area contributed by atoms with Crippen LogP contribution in [0.25, 0.3) is 0 Å². The van der Waals surface area contributed by atoms with Gasteiger partial charge in [0.2, 0.25) is 0 Å². The van der Waals surface area contributed by atoms with Gasteiger partial charge in [0, 0.05) is 6.54 Å². The van der Waals surface area contributed by atoms with E-state index >= 15 is 0 Å². The van der Waals surface area contributed by atoms with Crippen molar-refractivity contribution in [2.24, 2.45) is 5.73 Å². The van der Waals surface area contributed by atoms with Crippen LogP contribution in [-0.4, -0.2) is 33.0 Å². The largest absolute Gasteiger partial charge is 1.00 e. The number of hydrogen-bond donors (Lipinski definition) is 1. The van der Waals surface area contributed by atoms with Crippen LogP contribution in [-0.2, 0) is 9.47 Å². The van der Waals surface area contributed by atoms with Gasteiger partial charge in [-0.15, -0.1) is 0 Å². The van der Waals surface area contributed by atoms with Gasteiger partial charge in [-0.25, -0.2) is 0 Å². The van der Waals surface area contributed by atoms with E-state index in [1.807, 2.05) is 0 Å². The van der Waals surface area contributed by atoms with E-state index in [-0.39, 0.29) is 51.4 Å². The van der Waals surface area contributed by atoms with Gasteiger partial charge in [0.1, 0.15) is 0 Å². The van der Waals surface area contributed by atoms with Gasteiger partial charge in [0.05, 0.1) is 19.8 Å². The summed E-state index contributed by atoms with van der Waals surface area (Å²) < 4.78 is 9.91. The average molecular weight is 171 g/mol. The summed E-state index contributed by atoms with van der Waals surface area (Å²) in [5.41, 5.74) is 5.17. The van der Waals surface area contributed by atoms with E-state index in [2.05, 4.69) is 6.92 Å². The van der Waals surface area contributed by atoms with Gasteiger partial charge in [0.25, 0.3) is 0 Å². The van der Waals surface area contributed by atoms with Gasteiger partial charge in [0.15, 0.2) is 0 Å². The van der Waals surface area contributed by atoms with Crippen LogP contribution in [0.4, 0.5) is 0 Å². The molecule has 0 radical (unpaired) electrons. The van der Waals surface area contributed by atoms with Gasteiger partial charge in [-0.3, -0.25) is 0 Å². The van der Waals surface area contributed by atoms with E-state index in [0.717, 1.165) is 0 Å². The topological polar surface area (TPSA) is 44.5 Å². The molecule has 0 heterocycles. The summed E-state index contributed by atoms with van der Waals surface area (Å²) >= 11 is 0. The predicted molar refractivity (Wildman–Crippen MR) is 36.0 cm³/mol. The summed E-state index contributed by atoms with van der Waals surface area (Å²) in [7, 11) is 0. The minimum absolute atomic E-state index is 0. The maximum absolute atomic E-state index is 5.17. The normalized spacial score (nSPS) is 9.00. The summed E-state index contributed by atoms with van der Waals surface area (Å²) in [5, 5.41) is 0. The average Bonchev–Trinajstić information content (AvgIpc) is 1.89. The molecule has 56 valence electrons. The Hall–Kier alpha value is 1.52. The summed E-state index contributed by atoms with van der Waals surface area (Å²) in [6, 6.07) is 0. The van der Waals surface area contributed by atoms with Crippen LogP contribution in [0.1, 0.15) is 0 Å². The first-order valence-corrected chi connectivity index (χ1v) is 3.06. The Labute approximate surface area is 105 Å². The van der Waals surface area contributed by atoms with Gasteiger partial charge in [-0.2, -0.15) is 0 Å². The van der Waals surface area contributed by atoms with Crippen LogP contribution in [0.5, 0.6) is 0 Å².